The molecule has 0 saturated carbocycles. The smallest absolute Gasteiger partial charge is 0.268 e. The summed E-state index contributed by atoms with van der Waals surface area (Å²) in [6.45, 7) is 12.7. The first-order valence-corrected chi connectivity index (χ1v) is 10.6. The number of fused-ring (bicyclic) bond motifs is 1. The van der Waals surface area contributed by atoms with Crippen LogP contribution in [0.3, 0.4) is 0 Å². The van der Waals surface area contributed by atoms with E-state index in [0.717, 1.165) is 36.3 Å². The number of hydrogen-bond donors (Lipinski definition) is 2. The number of Topliss-reactive ketones (excluding diaryl/α,β-unsaturated/α-hetero) is 1. The number of aromatic nitrogens is 1. The van der Waals surface area contributed by atoms with Crippen LogP contribution in [0.15, 0.2) is 30.3 Å². The molecule has 5 nitrogen and oxygen atoms in total. The number of nitrogens with zero attached hydrogens (tertiary/aromatic N) is 1. The topological polar surface area (TPSA) is 65.2 Å². The van der Waals surface area contributed by atoms with Gasteiger partial charge in [-0.05, 0) is 43.0 Å². The van der Waals surface area contributed by atoms with Crippen molar-refractivity contribution in [1.29, 1.82) is 0 Å². The Hall–Kier alpha value is -2.40. The molecule has 0 saturated heterocycles. The van der Waals surface area contributed by atoms with Gasteiger partial charge >= 0.3 is 0 Å². The van der Waals surface area contributed by atoms with Crippen LogP contribution in [0.25, 0.3) is 0 Å². The molecule has 2 N–H and O–H groups in total. The zero-order chi connectivity index (χ0) is 21.2. The van der Waals surface area contributed by atoms with Gasteiger partial charge in [-0.2, -0.15) is 0 Å². The minimum atomic E-state index is -0.143. The fourth-order valence-electron chi connectivity index (χ4n) is 4.53. The van der Waals surface area contributed by atoms with Crippen LogP contribution in [0, 0.1) is 12.3 Å². The van der Waals surface area contributed by atoms with Gasteiger partial charge in [0.05, 0.1) is 6.04 Å². The molecule has 0 spiro atoms. The molecule has 0 fully saturated rings. The van der Waals surface area contributed by atoms with Gasteiger partial charge < -0.3 is 10.3 Å². The van der Waals surface area contributed by atoms with E-state index in [-0.39, 0.29) is 23.1 Å². The van der Waals surface area contributed by atoms with Crippen LogP contribution in [0.4, 0.5) is 0 Å². The lowest BCUT2D eigenvalue weighted by atomic mass is 9.75. The summed E-state index contributed by atoms with van der Waals surface area (Å²) in [5, 5.41) is 3.11. The summed E-state index contributed by atoms with van der Waals surface area (Å²) in [6, 6.07) is 10.4. The van der Waals surface area contributed by atoms with E-state index in [2.05, 4.69) is 55.0 Å². The minimum Gasteiger partial charge on any atom is -0.354 e. The molecule has 1 unspecified atom stereocenters. The second-order valence-electron chi connectivity index (χ2n) is 8.78. The van der Waals surface area contributed by atoms with Crippen LogP contribution >= 0.6 is 0 Å². The highest BCUT2D eigenvalue weighted by Crippen LogP contribution is 2.36. The molecule has 1 aromatic heterocycles. The van der Waals surface area contributed by atoms with E-state index in [1.807, 2.05) is 25.1 Å². The molecule has 1 aromatic carbocycles. The van der Waals surface area contributed by atoms with Gasteiger partial charge in [0.15, 0.2) is 5.78 Å². The Labute approximate surface area is 173 Å². The SMILES string of the molecule is CCN(CC)C(CNC(=O)c1[nH]c2c(c1C)C(=O)CC(C)(C)C2)c1ccccc1. The summed E-state index contributed by atoms with van der Waals surface area (Å²) in [6.07, 6.45) is 1.31. The molecule has 0 radical (unpaired) electrons. The number of likely N-dealkylation sites (N-methyl/N-ethyl adjacent to an activating group) is 1. The van der Waals surface area contributed by atoms with Crippen molar-refractivity contribution in [1.82, 2.24) is 15.2 Å². The maximum atomic E-state index is 13.0. The molecule has 29 heavy (non-hydrogen) atoms. The van der Waals surface area contributed by atoms with Crippen LogP contribution < -0.4 is 5.32 Å². The van der Waals surface area contributed by atoms with Gasteiger partial charge in [-0.25, -0.2) is 0 Å². The molecule has 3 rings (SSSR count). The average molecular weight is 396 g/mol. The molecule has 1 atom stereocenters. The van der Waals surface area contributed by atoms with Gasteiger partial charge in [0, 0.05) is 24.2 Å². The van der Waals surface area contributed by atoms with E-state index in [4.69, 9.17) is 0 Å². The molecular formula is C24H33N3O2. The zero-order valence-electron chi connectivity index (χ0n) is 18.3. The Balaban J connectivity index is 1.80. The molecule has 2 aromatic rings. The maximum Gasteiger partial charge on any atom is 0.268 e. The summed E-state index contributed by atoms with van der Waals surface area (Å²) in [4.78, 5) is 31.2. The van der Waals surface area contributed by atoms with Crippen molar-refractivity contribution >= 4 is 11.7 Å². The number of hydrogen-bond acceptors (Lipinski definition) is 3. The average Bonchev–Trinajstić information content (AvgIpc) is 3.00. The van der Waals surface area contributed by atoms with Gasteiger partial charge in [0.2, 0.25) is 0 Å². The number of benzene rings is 1. The van der Waals surface area contributed by atoms with Crippen molar-refractivity contribution in [2.45, 2.75) is 53.5 Å². The van der Waals surface area contributed by atoms with Crippen LogP contribution in [-0.2, 0) is 6.42 Å². The molecular weight excluding hydrogens is 362 g/mol. The summed E-state index contributed by atoms with van der Waals surface area (Å²) in [5.74, 6) is -0.00931. The second-order valence-corrected chi connectivity index (χ2v) is 8.78. The van der Waals surface area contributed by atoms with Gasteiger partial charge in [0.25, 0.3) is 5.91 Å². The van der Waals surface area contributed by atoms with E-state index in [1.54, 1.807) is 0 Å². The van der Waals surface area contributed by atoms with Gasteiger partial charge in [-0.15, -0.1) is 0 Å². The Morgan fingerprint density at radius 1 is 1.17 bits per heavy atom. The maximum absolute atomic E-state index is 13.0. The summed E-state index contributed by atoms with van der Waals surface area (Å²) in [7, 11) is 0. The van der Waals surface area contributed by atoms with E-state index < -0.39 is 0 Å². The van der Waals surface area contributed by atoms with Crippen molar-refractivity contribution in [3.8, 4) is 0 Å². The van der Waals surface area contributed by atoms with Gasteiger partial charge in [0.1, 0.15) is 5.69 Å². The van der Waals surface area contributed by atoms with E-state index >= 15 is 0 Å². The Morgan fingerprint density at radius 3 is 2.45 bits per heavy atom. The number of aromatic amines is 1. The minimum absolute atomic E-state index is 0.0731. The zero-order valence-corrected chi connectivity index (χ0v) is 18.3. The van der Waals surface area contributed by atoms with Crippen molar-refractivity contribution < 1.29 is 9.59 Å². The Bertz CT molecular complexity index is 879. The van der Waals surface area contributed by atoms with Gasteiger partial charge in [-0.1, -0.05) is 58.0 Å². The Morgan fingerprint density at radius 2 is 1.83 bits per heavy atom. The Kier molecular flexibility index (Phi) is 6.27. The van der Waals surface area contributed by atoms with Crippen LogP contribution in [0.5, 0.6) is 0 Å². The van der Waals surface area contributed by atoms with Crippen LogP contribution in [0.2, 0.25) is 0 Å². The predicted molar refractivity (Wildman–Crippen MR) is 116 cm³/mol. The molecule has 1 aliphatic carbocycles. The fraction of sp³-hybridized carbons (Fsp3) is 0.500. The first-order chi connectivity index (χ1) is 13.8. The molecule has 0 aliphatic heterocycles. The number of ketones is 1. The van der Waals surface area contributed by atoms with Crippen molar-refractivity contribution in [2.75, 3.05) is 19.6 Å². The largest absolute Gasteiger partial charge is 0.354 e. The van der Waals surface area contributed by atoms with E-state index in [9.17, 15) is 9.59 Å². The highest BCUT2D eigenvalue weighted by molar-refractivity contribution is 6.04. The predicted octanol–water partition coefficient (Wildman–Crippen LogP) is 4.29. The lowest BCUT2D eigenvalue weighted by Crippen LogP contribution is -2.38. The first-order valence-electron chi connectivity index (χ1n) is 10.6. The number of nitrogens with one attached hydrogen (secondary N) is 2. The van der Waals surface area contributed by atoms with Crippen LogP contribution in [-0.4, -0.2) is 41.2 Å². The summed E-state index contributed by atoms with van der Waals surface area (Å²) < 4.78 is 0. The lowest BCUT2D eigenvalue weighted by molar-refractivity contribution is 0.0908. The van der Waals surface area contributed by atoms with Crippen LogP contribution in [0.1, 0.15) is 77.8 Å². The van der Waals surface area contributed by atoms with Crippen molar-refractivity contribution in [2.24, 2.45) is 5.41 Å². The molecule has 5 heteroatoms. The number of carbonyl (C=O) groups is 2. The third-order valence-electron chi connectivity index (χ3n) is 6.02. The molecule has 156 valence electrons. The number of rotatable bonds is 7. The first kappa shape index (κ1) is 21.3. The summed E-state index contributed by atoms with van der Waals surface area (Å²) in [5.41, 5.74) is 4.03. The molecule has 0 bridgehead atoms. The van der Waals surface area contributed by atoms with Gasteiger partial charge in [-0.3, -0.25) is 14.5 Å². The molecule has 1 amide bonds. The van der Waals surface area contributed by atoms with Crippen molar-refractivity contribution in [3.63, 3.8) is 0 Å². The standard InChI is InChI=1S/C24H33N3O2/c1-6-27(7-2)19(17-11-9-8-10-12-17)15-25-23(29)22-16(3)21-18(26-22)13-24(4,5)14-20(21)28/h8-12,19,26H,6-7,13-15H2,1-5H3,(H,25,29). The fourth-order valence-corrected chi connectivity index (χ4v) is 4.53. The monoisotopic (exact) mass is 395 g/mol. The normalized spacial score (nSPS) is 16.6. The van der Waals surface area contributed by atoms with E-state index in [0.29, 0.717) is 18.7 Å². The van der Waals surface area contributed by atoms with E-state index in [1.165, 1.54) is 5.56 Å². The van der Waals surface area contributed by atoms with Crippen molar-refractivity contribution in [3.05, 3.63) is 58.4 Å². The highest BCUT2D eigenvalue weighted by Gasteiger charge is 2.35. The molecule has 1 heterocycles. The lowest BCUT2D eigenvalue weighted by Gasteiger charge is -2.30. The third-order valence-corrected chi connectivity index (χ3v) is 6.02. The second kappa shape index (κ2) is 8.54. The molecule has 1 aliphatic rings. The number of amides is 1. The summed E-state index contributed by atoms with van der Waals surface area (Å²) >= 11 is 0. The third kappa shape index (κ3) is 4.45. The quantitative estimate of drug-likeness (QED) is 0.735. The highest BCUT2D eigenvalue weighted by atomic mass is 16.2. The number of H-pyrrole nitrogens is 1. The number of carbonyl (C=O) groups excluding carboxylic acids is 2.